The molecule has 0 spiro atoms. The molecule has 0 fully saturated rings. The summed E-state index contributed by atoms with van der Waals surface area (Å²) in [6.07, 6.45) is 3.20. The van der Waals surface area contributed by atoms with E-state index in [4.69, 9.17) is 21.1 Å². The molecule has 3 rings (SSSR count). The number of fused-ring (bicyclic) bond motifs is 1. The van der Waals surface area contributed by atoms with E-state index in [2.05, 4.69) is 12.2 Å². The summed E-state index contributed by atoms with van der Waals surface area (Å²) in [6, 6.07) is 11.6. The van der Waals surface area contributed by atoms with Crippen LogP contribution in [-0.4, -0.2) is 19.1 Å². The van der Waals surface area contributed by atoms with Crippen molar-refractivity contribution in [2.75, 3.05) is 18.5 Å². The number of rotatable bonds is 5. The molecule has 132 valence electrons. The summed E-state index contributed by atoms with van der Waals surface area (Å²) < 4.78 is 11.3. The summed E-state index contributed by atoms with van der Waals surface area (Å²) in [4.78, 5) is 12.3. The standard InChI is InChI=1S/C20H22ClNO3/c1-2-4-14-5-7-16(8-6-14)22-19(23)13-15-11-17(21)20-18(12-15)24-9-3-10-25-20/h5-8,11-12H,2-4,9-10,13H2,1H3,(H,22,23). The summed E-state index contributed by atoms with van der Waals surface area (Å²) in [5, 5.41) is 3.40. The van der Waals surface area contributed by atoms with Crippen LogP contribution in [-0.2, 0) is 17.6 Å². The number of hydrogen-bond donors (Lipinski definition) is 1. The van der Waals surface area contributed by atoms with Crippen molar-refractivity contribution in [2.24, 2.45) is 0 Å². The maximum Gasteiger partial charge on any atom is 0.228 e. The highest BCUT2D eigenvalue weighted by atomic mass is 35.5. The predicted molar refractivity (Wildman–Crippen MR) is 99.8 cm³/mol. The molecule has 1 aliphatic rings. The van der Waals surface area contributed by atoms with Crippen molar-refractivity contribution < 1.29 is 14.3 Å². The fourth-order valence-corrected chi connectivity index (χ4v) is 3.11. The largest absolute Gasteiger partial charge is 0.489 e. The average molecular weight is 360 g/mol. The summed E-state index contributed by atoms with van der Waals surface area (Å²) in [7, 11) is 0. The molecule has 0 atom stereocenters. The van der Waals surface area contributed by atoms with Crippen molar-refractivity contribution in [2.45, 2.75) is 32.6 Å². The van der Waals surface area contributed by atoms with Crippen molar-refractivity contribution in [3.63, 3.8) is 0 Å². The van der Waals surface area contributed by atoms with E-state index in [1.54, 1.807) is 6.07 Å². The molecule has 0 unspecified atom stereocenters. The van der Waals surface area contributed by atoms with Crippen molar-refractivity contribution in [1.29, 1.82) is 0 Å². The molecule has 1 N–H and O–H groups in total. The molecular formula is C20H22ClNO3. The maximum atomic E-state index is 12.3. The number of ether oxygens (including phenoxy) is 2. The quantitative estimate of drug-likeness (QED) is 0.846. The molecule has 5 heteroatoms. The summed E-state index contributed by atoms with van der Waals surface area (Å²) in [5.41, 5.74) is 2.87. The van der Waals surface area contributed by atoms with Crippen LogP contribution < -0.4 is 14.8 Å². The van der Waals surface area contributed by atoms with Gasteiger partial charge in [0.25, 0.3) is 0 Å². The number of aryl methyl sites for hydroxylation is 1. The van der Waals surface area contributed by atoms with Gasteiger partial charge in [-0.1, -0.05) is 37.1 Å². The van der Waals surface area contributed by atoms with Gasteiger partial charge in [0.15, 0.2) is 11.5 Å². The van der Waals surface area contributed by atoms with Crippen molar-refractivity contribution in [3.8, 4) is 11.5 Å². The molecule has 0 aliphatic carbocycles. The predicted octanol–water partition coefficient (Wildman–Crippen LogP) is 4.64. The lowest BCUT2D eigenvalue weighted by Crippen LogP contribution is -2.14. The first-order chi connectivity index (χ1) is 12.2. The van der Waals surface area contributed by atoms with E-state index in [1.807, 2.05) is 30.3 Å². The molecular weight excluding hydrogens is 338 g/mol. The third-order valence-electron chi connectivity index (χ3n) is 4.00. The number of benzene rings is 2. The Morgan fingerprint density at radius 2 is 1.88 bits per heavy atom. The Hall–Kier alpha value is -2.20. The first-order valence-corrected chi connectivity index (χ1v) is 9.00. The Bertz CT molecular complexity index is 743. The van der Waals surface area contributed by atoms with Crippen molar-refractivity contribution in [1.82, 2.24) is 0 Å². The van der Waals surface area contributed by atoms with E-state index in [9.17, 15) is 4.79 Å². The number of carbonyl (C=O) groups excluding carboxylic acids is 1. The summed E-state index contributed by atoms with van der Waals surface area (Å²) in [5.74, 6) is 1.08. The number of hydrogen-bond acceptors (Lipinski definition) is 3. The van der Waals surface area contributed by atoms with Gasteiger partial charge in [-0.15, -0.1) is 0 Å². The molecule has 2 aromatic rings. The Morgan fingerprint density at radius 1 is 1.12 bits per heavy atom. The van der Waals surface area contributed by atoms with Crippen molar-refractivity contribution in [3.05, 3.63) is 52.5 Å². The Kier molecular flexibility index (Phi) is 5.82. The minimum absolute atomic E-state index is 0.0891. The lowest BCUT2D eigenvalue weighted by Gasteiger charge is -2.12. The molecule has 0 aromatic heterocycles. The van der Waals surface area contributed by atoms with Gasteiger partial charge in [0.05, 0.1) is 24.7 Å². The van der Waals surface area contributed by atoms with E-state index >= 15 is 0 Å². The monoisotopic (exact) mass is 359 g/mol. The van der Waals surface area contributed by atoms with E-state index in [1.165, 1.54) is 5.56 Å². The number of amides is 1. The van der Waals surface area contributed by atoms with Crippen LogP contribution in [0, 0.1) is 0 Å². The normalized spacial score (nSPS) is 13.2. The van der Waals surface area contributed by atoms with E-state index in [-0.39, 0.29) is 12.3 Å². The number of anilines is 1. The first kappa shape index (κ1) is 17.6. The molecule has 0 radical (unpaired) electrons. The van der Waals surface area contributed by atoms with Crippen LogP contribution in [0.2, 0.25) is 5.02 Å². The Labute approximate surface area is 153 Å². The van der Waals surface area contributed by atoms with Crippen LogP contribution in [0.1, 0.15) is 30.9 Å². The van der Waals surface area contributed by atoms with Gasteiger partial charge in [0.2, 0.25) is 5.91 Å². The van der Waals surface area contributed by atoms with E-state index in [0.29, 0.717) is 29.7 Å². The molecule has 2 aromatic carbocycles. The first-order valence-electron chi connectivity index (χ1n) is 8.62. The average Bonchev–Trinajstić information content (AvgIpc) is 2.82. The molecule has 4 nitrogen and oxygen atoms in total. The SMILES string of the molecule is CCCc1ccc(NC(=O)Cc2cc(Cl)c3c(c2)OCCCO3)cc1. The zero-order valence-corrected chi connectivity index (χ0v) is 15.1. The van der Waals surface area contributed by atoms with Gasteiger partial charge in [-0.2, -0.15) is 0 Å². The van der Waals surface area contributed by atoms with Crippen LogP contribution in [0.15, 0.2) is 36.4 Å². The second kappa shape index (κ2) is 8.26. The minimum Gasteiger partial charge on any atom is -0.489 e. The molecule has 0 saturated heterocycles. The molecule has 0 bridgehead atoms. The summed E-state index contributed by atoms with van der Waals surface area (Å²) in [6.45, 7) is 3.32. The zero-order chi connectivity index (χ0) is 17.6. The highest BCUT2D eigenvalue weighted by Gasteiger charge is 2.16. The number of halogens is 1. The lowest BCUT2D eigenvalue weighted by atomic mass is 10.1. The van der Waals surface area contributed by atoms with Crippen LogP contribution >= 0.6 is 11.6 Å². The summed E-state index contributed by atoms with van der Waals surface area (Å²) >= 11 is 6.27. The van der Waals surface area contributed by atoms with Gasteiger partial charge < -0.3 is 14.8 Å². The van der Waals surface area contributed by atoms with Gasteiger partial charge in [-0.3, -0.25) is 4.79 Å². The van der Waals surface area contributed by atoms with Gasteiger partial charge >= 0.3 is 0 Å². The molecule has 25 heavy (non-hydrogen) atoms. The molecule has 0 saturated carbocycles. The van der Waals surface area contributed by atoms with Crippen molar-refractivity contribution >= 4 is 23.2 Å². The molecule has 1 heterocycles. The Morgan fingerprint density at radius 3 is 2.64 bits per heavy atom. The second-order valence-corrected chi connectivity index (χ2v) is 6.53. The number of carbonyl (C=O) groups is 1. The number of nitrogens with one attached hydrogen (secondary N) is 1. The second-order valence-electron chi connectivity index (χ2n) is 6.13. The van der Waals surface area contributed by atoms with Gasteiger partial charge in [-0.25, -0.2) is 0 Å². The van der Waals surface area contributed by atoms with Crippen LogP contribution in [0.3, 0.4) is 0 Å². The van der Waals surface area contributed by atoms with Gasteiger partial charge in [0.1, 0.15) is 0 Å². The van der Waals surface area contributed by atoms with E-state index < -0.39 is 0 Å². The van der Waals surface area contributed by atoms with Crippen LogP contribution in [0.25, 0.3) is 0 Å². The van der Waals surface area contributed by atoms with Gasteiger partial charge in [-0.05, 0) is 41.8 Å². The Balaban J connectivity index is 1.66. The topological polar surface area (TPSA) is 47.6 Å². The minimum atomic E-state index is -0.0891. The molecule has 1 aliphatic heterocycles. The fourth-order valence-electron chi connectivity index (χ4n) is 2.82. The third kappa shape index (κ3) is 4.67. The highest BCUT2D eigenvalue weighted by Crippen LogP contribution is 2.38. The third-order valence-corrected chi connectivity index (χ3v) is 4.28. The maximum absolute atomic E-state index is 12.3. The smallest absolute Gasteiger partial charge is 0.228 e. The molecule has 1 amide bonds. The zero-order valence-electron chi connectivity index (χ0n) is 14.3. The van der Waals surface area contributed by atoms with Crippen LogP contribution in [0.4, 0.5) is 5.69 Å². The van der Waals surface area contributed by atoms with Gasteiger partial charge in [0, 0.05) is 12.1 Å². The fraction of sp³-hybridized carbons (Fsp3) is 0.350. The lowest BCUT2D eigenvalue weighted by molar-refractivity contribution is -0.115. The van der Waals surface area contributed by atoms with E-state index in [0.717, 1.165) is 30.5 Å². The highest BCUT2D eigenvalue weighted by molar-refractivity contribution is 6.32. The van der Waals surface area contributed by atoms with Crippen LogP contribution in [0.5, 0.6) is 11.5 Å².